The number of hydrogen-bond acceptors (Lipinski definition) is 4. The molecule has 0 amide bonds. The summed E-state index contributed by atoms with van der Waals surface area (Å²) in [6.45, 7) is 0. The van der Waals surface area contributed by atoms with Crippen molar-refractivity contribution in [1.82, 2.24) is 19.9 Å². The van der Waals surface area contributed by atoms with Gasteiger partial charge in [0, 0.05) is 18.0 Å². The molecule has 14 heavy (non-hydrogen) atoms. The summed E-state index contributed by atoms with van der Waals surface area (Å²) < 4.78 is 0.636. The van der Waals surface area contributed by atoms with Crippen LogP contribution in [0.15, 0.2) is 29.4 Å². The van der Waals surface area contributed by atoms with Crippen molar-refractivity contribution in [1.29, 1.82) is 0 Å². The van der Waals surface area contributed by atoms with Crippen molar-refractivity contribution in [3.05, 3.63) is 34.7 Å². The Balaban J connectivity index is 2.52. The quantitative estimate of drug-likeness (QED) is 0.590. The largest absolute Gasteiger partial charge is 0.244 e. The van der Waals surface area contributed by atoms with E-state index in [1.54, 1.807) is 18.5 Å². The molecule has 0 aliphatic heterocycles. The first kappa shape index (κ1) is 9.48. The summed E-state index contributed by atoms with van der Waals surface area (Å²) in [4.78, 5) is 15.7. The molecule has 0 atom stereocenters. The number of halogens is 2. The molecular formula is C8H4BrClN4. The Bertz CT molecular complexity index is 428. The van der Waals surface area contributed by atoms with Gasteiger partial charge in [-0.25, -0.2) is 19.9 Å². The molecule has 0 spiro atoms. The highest BCUT2D eigenvalue weighted by Gasteiger charge is 2.03. The van der Waals surface area contributed by atoms with Crippen LogP contribution in [0.3, 0.4) is 0 Å². The Labute approximate surface area is 93.5 Å². The predicted octanol–water partition coefficient (Wildman–Crippen LogP) is 2.35. The maximum atomic E-state index is 5.71. The molecule has 0 aliphatic carbocycles. The molecule has 0 saturated heterocycles. The van der Waals surface area contributed by atoms with Gasteiger partial charge >= 0.3 is 0 Å². The van der Waals surface area contributed by atoms with E-state index in [0.717, 1.165) is 5.56 Å². The summed E-state index contributed by atoms with van der Waals surface area (Å²) in [5, 5.41) is 0.193. The summed E-state index contributed by atoms with van der Waals surface area (Å²) in [5.41, 5.74) is 1.50. The highest BCUT2D eigenvalue weighted by atomic mass is 79.9. The van der Waals surface area contributed by atoms with Crippen LogP contribution in [0.4, 0.5) is 0 Å². The van der Waals surface area contributed by atoms with Crippen LogP contribution < -0.4 is 0 Å². The standard InChI is InChI=1S/C8H4BrClN4/c9-7-1-6(13-8(10)14-7)5-2-11-4-12-3-5/h1-4H. The highest BCUT2D eigenvalue weighted by molar-refractivity contribution is 9.10. The van der Waals surface area contributed by atoms with Gasteiger partial charge < -0.3 is 0 Å². The Morgan fingerprint density at radius 3 is 2.50 bits per heavy atom. The van der Waals surface area contributed by atoms with Gasteiger partial charge in [0.2, 0.25) is 5.28 Å². The van der Waals surface area contributed by atoms with Gasteiger partial charge in [-0.1, -0.05) is 0 Å². The van der Waals surface area contributed by atoms with E-state index in [1.165, 1.54) is 6.33 Å². The van der Waals surface area contributed by atoms with Crippen LogP contribution >= 0.6 is 27.5 Å². The molecule has 6 heteroatoms. The molecule has 0 aliphatic rings. The molecule has 0 fully saturated rings. The van der Waals surface area contributed by atoms with Crippen LogP contribution in [-0.2, 0) is 0 Å². The van der Waals surface area contributed by atoms with E-state index in [-0.39, 0.29) is 5.28 Å². The van der Waals surface area contributed by atoms with E-state index in [4.69, 9.17) is 11.6 Å². The second kappa shape index (κ2) is 3.98. The molecule has 2 heterocycles. The van der Waals surface area contributed by atoms with Crippen LogP contribution in [-0.4, -0.2) is 19.9 Å². The maximum Gasteiger partial charge on any atom is 0.223 e. The van der Waals surface area contributed by atoms with Gasteiger partial charge in [0.25, 0.3) is 0 Å². The average molecular weight is 272 g/mol. The van der Waals surface area contributed by atoms with Crippen molar-refractivity contribution in [2.24, 2.45) is 0 Å². The lowest BCUT2D eigenvalue weighted by Crippen LogP contribution is -1.89. The van der Waals surface area contributed by atoms with E-state index in [2.05, 4.69) is 35.9 Å². The molecule has 0 radical (unpaired) electrons. The first-order valence-corrected chi connectivity index (χ1v) is 4.88. The summed E-state index contributed by atoms with van der Waals surface area (Å²) in [5.74, 6) is 0. The predicted molar refractivity (Wildman–Crippen MR) is 55.8 cm³/mol. The third kappa shape index (κ3) is 2.05. The normalized spacial score (nSPS) is 10.1. The summed E-state index contributed by atoms with van der Waals surface area (Å²) in [7, 11) is 0. The minimum atomic E-state index is 0.193. The zero-order valence-corrected chi connectivity index (χ0v) is 9.20. The van der Waals surface area contributed by atoms with Crippen LogP contribution in [0.1, 0.15) is 0 Å². The third-order valence-electron chi connectivity index (χ3n) is 1.52. The fraction of sp³-hybridized carbons (Fsp3) is 0. The van der Waals surface area contributed by atoms with E-state index in [9.17, 15) is 0 Å². The van der Waals surface area contributed by atoms with Crippen LogP contribution in [0, 0.1) is 0 Å². The van der Waals surface area contributed by atoms with Gasteiger partial charge in [0.05, 0.1) is 5.69 Å². The number of rotatable bonds is 1. The molecule has 0 bridgehead atoms. The van der Waals surface area contributed by atoms with Gasteiger partial charge in [-0.15, -0.1) is 0 Å². The van der Waals surface area contributed by atoms with Crippen molar-refractivity contribution in [2.45, 2.75) is 0 Å². The molecule has 0 unspecified atom stereocenters. The van der Waals surface area contributed by atoms with Crippen molar-refractivity contribution >= 4 is 27.5 Å². The third-order valence-corrected chi connectivity index (χ3v) is 2.10. The Morgan fingerprint density at radius 1 is 1.14 bits per heavy atom. The molecular weight excluding hydrogens is 267 g/mol. The molecule has 2 aromatic rings. The smallest absolute Gasteiger partial charge is 0.223 e. The summed E-state index contributed by atoms with van der Waals surface area (Å²) in [6, 6.07) is 1.75. The molecule has 0 N–H and O–H groups in total. The molecule has 2 aromatic heterocycles. The Hall–Kier alpha value is -1.07. The van der Waals surface area contributed by atoms with Gasteiger partial charge in [-0.3, -0.25) is 0 Å². The first-order chi connectivity index (χ1) is 6.75. The van der Waals surface area contributed by atoms with Crippen LogP contribution in [0.2, 0.25) is 5.28 Å². The van der Waals surface area contributed by atoms with E-state index in [1.807, 2.05) is 0 Å². The maximum absolute atomic E-state index is 5.71. The second-order valence-corrected chi connectivity index (χ2v) is 3.62. The lowest BCUT2D eigenvalue weighted by molar-refractivity contribution is 1.12. The molecule has 0 saturated carbocycles. The summed E-state index contributed by atoms with van der Waals surface area (Å²) >= 11 is 8.94. The SMILES string of the molecule is Clc1nc(Br)cc(-c2cncnc2)n1. The molecule has 4 nitrogen and oxygen atoms in total. The Kier molecular flexibility index (Phi) is 2.69. The minimum Gasteiger partial charge on any atom is -0.244 e. The second-order valence-electron chi connectivity index (χ2n) is 2.47. The topological polar surface area (TPSA) is 51.6 Å². The molecule has 70 valence electrons. The van der Waals surface area contributed by atoms with Gasteiger partial charge in [-0.05, 0) is 33.6 Å². The fourth-order valence-electron chi connectivity index (χ4n) is 0.969. The molecule has 0 aromatic carbocycles. The molecule has 2 rings (SSSR count). The zero-order valence-electron chi connectivity index (χ0n) is 6.85. The van der Waals surface area contributed by atoms with Crippen LogP contribution in [0.5, 0.6) is 0 Å². The number of nitrogens with zero attached hydrogens (tertiary/aromatic N) is 4. The van der Waals surface area contributed by atoms with Gasteiger partial charge in [-0.2, -0.15) is 0 Å². The van der Waals surface area contributed by atoms with Crippen molar-refractivity contribution in [3.8, 4) is 11.3 Å². The van der Waals surface area contributed by atoms with Crippen molar-refractivity contribution in [2.75, 3.05) is 0 Å². The van der Waals surface area contributed by atoms with Crippen LogP contribution in [0.25, 0.3) is 11.3 Å². The lowest BCUT2D eigenvalue weighted by atomic mass is 10.2. The van der Waals surface area contributed by atoms with Gasteiger partial charge in [0.15, 0.2) is 0 Å². The number of hydrogen-bond donors (Lipinski definition) is 0. The number of aromatic nitrogens is 4. The summed E-state index contributed by atoms with van der Waals surface area (Å²) in [6.07, 6.45) is 4.79. The lowest BCUT2D eigenvalue weighted by Gasteiger charge is -1.99. The van der Waals surface area contributed by atoms with E-state index >= 15 is 0 Å². The zero-order chi connectivity index (χ0) is 9.97. The van der Waals surface area contributed by atoms with E-state index in [0.29, 0.717) is 10.3 Å². The first-order valence-electron chi connectivity index (χ1n) is 3.71. The monoisotopic (exact) mass is 270 g/mol. The van der Waals surface area contributed by atoms with Gasteiger partial charge in [0.1, 0.15) is 10.9 Å². The fourth-order valence-corrected chi connectivity index (χ4v) is 1.64. The highest BCUT2D eigenvalue weighted by Crippen LogP contribution is 2.19. The average Bonchev–Trinajstić information content (AvgIpc) is 2.18. The van der Waals surface area contributed by atoms with Crippen molar-refractivity contribution in [3.63, 3.8) is 0 Å². The van der Waals surface area contributed by atoms with E-state index < -0.39 is 0 Å². The Morgan fingerprint density at radius 2 is 1.86 bits per heavy atom. The minimum absolute atomic E-state index is 0.193. The van der Waals surface area contributed by atoms with Crippen molar-refractivity contribution < 1.29 is 0 Å².